The first-order valence-corrected chi connectivity index (χ1v) is 6.43. The van der Waals surface area contributed by atoms with Crippen molar-refractivity contribution < 1.29 is 5.11 Å². The lowest BCUT2D eigenvalue weighted by Crippen LogP contribution is -2.22. The third kappa shape index (κ3) is 3.69. The molecule has 0 aliphatic rings. The Labute approximate surface area is 97.5 Å². The van der Waals surface area contributed by atoms with Crippen LogP contribution in [0.4, 0.5) is 0 Å². The first-order chi connectivity index (χ1) is 6.61. The Morgan fingerprint density at radius 3 is 2.79 bits per heavy atom. The monoisotopic (exact) mass is 277 g/mol. The van der Waals surface area contributed by atoms with Crippen molar-refractivity contribution in [3.05, 3.63) is 20.8 Å². The Morgan fingerprint density at radius 2 is 2.29 bits per heavy atom. The smallest absolute Gasteiger partial charge is 0.0524 e. The molecule has 1 rings (SSSR count). The van der Waals surface area contributed by atoms with Crippen molar-refractivity contribution in [2.45, 2.75) is 32.4 Å². The number of aliphatic hydroxyl groups is 1. The molecule has 0 radical (unpaired) electrons. The van der Waals surface area contributed by atoms with Crippen molar-refractivity contribution in [3.8, 4) is 0 Å². The number of halogens is 1. The Balaban J connectivity index is 2.36. The van der Waals surface area contributed by atoms with Crippen LogP contribution in [0.15, 0.2) is 15.9 Å². The van der Waals surface area contributed by atoms with Crippen molar-refractivity contribution in [2.75, 3.05) is 6.54 Å². The highest BCUT2D eigenvalue weighted by Gasteiger charge is 2.09. The van der Waals surface area contributed by atoms with Crippen LogP contribution in [0.3, 0.4) is 0 Å². The van der Waals surface area contributed by atoms with E-state index in [0.29, 0.717) is 6.04 Å². The van der Waals surface area contributed by atoms with E-state index < -0.39 is 0 Å². The van der Waals surface area contributed by atoms with Crippen molar-refractivity contribution >= 4 is 27.3 Å². The van der Waals surface area contributed by atoms with Crippen LogP contribution >= 0.6 is 27.3 Å². The topological polar surface area (TPSA) is 32.3 Å². The van der Waals surface area contributed by atoms with Gasteiger partial charge >= 0.3 is 0 Å². The Morgan fingerprint density at radius 1 is 1.57 bits per heavy atom. The molecular formula is C10H16BrNOS. The van der Waals surface area contributed by atoms with E-state index in [1.54, 1.807) is 11.3 Å². The van der Waals surface area contributed by atoms with E-state index >= 15 is 0 Å². The number of thiophene rings is 1. The van der Waals surface area contributed by atoms with E-state index in [1.807, 2.05) is 6.92 Å². The molecule has 1 heterocycles. The van der Waals surface area contributed by atoms with Crippen LogP contribution in [0, 0.1) is 0 Å². The van der Waals surface area contributed by atoms with E-state index in [-0.39, 0.29) is 6.10 Å². The predicted molar refractivity (Wildman–Crippen MR) is 64.7 cm³/mol. The fraction of sp³-hybridized carbons (Fsp3) is 0.600. The fourth-order valence-electron chi connectivity index (χ4n) is 1.22. The van der Waals surface area contributed by atoms with Gasteiger partial charge in [0.2, 0.25) is 0 Å². The molecule has 2 nitrogen and oxygen atoms in total. The highest BCUT2D eigenvalue weighted by Crippen LogP contribution is 2.28. The summed E-state index contributed by atoms with van der Waals surface area (Å²) in [6, 6.07) is 2.41. The van der Waals surface area contributed by atoms with Crippen molar-refractivity contribution in [1.29, 1.82) is 0 Å². The Bertz CT molecular complexity index is 275. The fourth-order valence-corrected chi connectivity index (χ4v) is 2.97. The summed E-state index contributed by atoms with van der Waals surface area (Å²) in [5.41, 5.74) is 0. The van der Waals surface area contributed by atoms with E-state index in [2.05, 4.69) is 39.6 Å². The van der Waals surface area contributed by atoms with Crippen LogP contribution in [0.1, 0.15) is 31.2 Å². The summed E-state index contributed by atoms with van der Waals surface area (Å²) >= 11 is 5.25. The molecule has 4 heteroatoms. The molecule has 2 unspecified atom stereocenters. The summed E-state index contributed by atoms with van der Waals surface area (Å²) in [5, 5.41) is 14.6. The molecule has 0 spiro atoms. The Kier molecular flexibility index (Phi) is 5.09. The second kappa shape index (κ2) is 5.85. The predicted octanol–water partition coefficient (Wildman–Crippen LogP) is 2.93. The molecular weight excluding hydrogens is 262 g/mol. The average molecular weight is 278 g/mol. The van der Waals surface area contributed by atoms with Gasteiger partial charge in [0, 0.05) is 15.4 Å². The third-order valence-corrected chi connectivity index (χ3v) is 4.10. The van der Waals surface area contributed by atoms with Crippen LogP contribution in [-0.2, 0) is 0 Å². The molecule has 0 aliphatic heterocycles. The van der Waals surface area contributed by atoms with Gasteiger partial charge in [-0.2, -0.15) is 0 Å². The zero-order valence-corrected chi connectivity index (χ0v) is 10.9. The van der Waals surface area contributed by atoms with Crippen LogP contribution in [0.5, 0.6) is 0 Å². The van der Waals surface area contributed by atoms with Crippen LogP contribution in [-0.4, -0.2) is 17.8 Å². The first kappa shape index (κ1) is 12.2. The van der Waals surface area contributed by atoms with Gasteiger partial charge in [-0.25, -0.2) is 0 Å². The molecule has 80 valence electrons. The summed E-state index contributed by atoms with van der Waals surface area (Å²) in [5.74, 6) is 0. The number of hydrogen-bond donors (Lipinski definition) is 2. The maximum Gasteiger partial charge on any atom is 0.0524 e. The SMILES string of the molecule is CC(O)CCNC(C)c1sccc1Br. The van der Waals surface area contributed by atoms with Gasteiger partial charge in [0.05, 0.1) is 6.10 Å². The molecule has 0 aromatic carbocycles. The lowest BCUT2D eigenvalue weighted by atomic mass is 10.2. The quantitative estimate of drug-likeness (QED) is 0.868. The zero-order valence-electron chi connectivity index (χ0n) is 8.46. The molecule has 2 N–H and O–H groups in total. The standard InChI is InChI=1S/C10H16BrNOS/c1-7(13)3-5-12-8(2)10-9(11)4-6-14-10/h4,6-8,12-13H,3,5H2,1-2H3. The lowest BCUT2D eigenvalue weighted by Gasteiger charge is -2.13. The molecule has 14 heavy (non-hydrogen) atoms. The van der Waals surface area contributed by atoms with Gasteiger partial charge in [-0.1, -0.05) is 0 Å². The molecule has 0 bridgehead atoms. The second-order valence-electron chi connectivity index (χ2n) is 3.45. The summed E-state index contributed by atoms with van der Waals surface area (Å²) < 4.78 is 1.17. The van der Waals surface area contributed by atoms with Gasteiger partial charge < -0.3 is 10.4 Å². The maximum absolute atomic E-state index is 9.10. The second-order valence-corrected chi connectivity index (χ2v) is 5.25. The van der Waals surface area contributed by atoms with Crippen molar-refractivity contribution in [3.63, 3.8) is 0 Å². The minimum atomic E-state index is -0.221. The lowest BCUT2D eigenvalue weighted by molar-refractivity contribution is 0.182. The van der Waals surface area contributed by atoms with Crippen LogP contribution < -0.4 is 5.32 Å². The third-order valence-electron chi connectivity index (χ3n) is 2.05. The number of aliphatic hydroxyl groups excluding tert-OH is 1. The summed E-state index contributed by atoms with van der Waals surface area (Å²) in [6.07, 6.45) is 0.578. The Hall–Kier alpha value is 0.100. The minimum absolute atomic E-state index is 0.221. The highest BCUT2D eigenvalue weighted by atomic mass is 79.9. The molecule has 0 saturated heterocycles. The van der Waals surface area contributed by atoms with Gasteiger partial charge in [-0.05, 0) is 54.2 Å². The average Bonchev–Trinajstić information content (AvgIpc) is 2.50. The zero-order chi connectivity index (χ0) is 10.6. The van der Waals surface area contributed by atoms with Crippen LogP contribution in [0.25, 0.3) is 0 Å². The largest absolute Gasteiger partial charge is 0.393 e. The summed E-state index contributed by atoms with van der Waals surface area (Å²) in [4.78, 5) is 1.32. The van der Waals surface area contributed by atoms with E-state index in [4.69, 9.17) is 5.11 Å². The maximum atomic E-state index is 9.10. The summed E-state index contributed by atoms with van der Waals surface area (Å²) in [6.45, 7) is 4.80. The molecule has 1 aromatic rings. The minimum Gasteiger partial charge on any atom is -0.393 e. The number of hydrogen-bond acceptors (Lipinski definition) is 3. The van der Waals surface area contributed by atoms with E-state index in [0.717, 1.165) is 13.0 Å². The first-order valence-electron chi connectivity index (χ1n) is 4.75. The van der Waals surface area contributed by atoms with Crippen LogP contribution in [0.2, 0.25) is 0 Å². The van der Waals surface area contributed by atoms with E-state index in [1.165, 1.54) is 9.35 Å². The van der Waals surface area contributed by atoms with Gasteiger partial charge in [0.1, 0.15) is 0 Å². The molecule has 0 amide bonds. The normalized spacial score (nSPS) is 15.4. The molecule has 0 saturated carbocycles. The van der Waals surface area contributed by atoms with Gasteiger partial charge in [-0.3, -0.25) is 0 Å². The van der Waals surface area contributed by atoms with Gasteiger partial charge in [-0.15, -0.1) is 11.3 Å². The number of rotatable bonds is 5. The number of nitrogens with one attached hydrogen (secondary N) is 1. The summed E-state index contributed by atoms with van der Waals surface area (Å²) in [7, 11) is 0. The molecule has 0 fully saturated rings. The van der Waals surface area contributed by atoms with Crippen molar-refractivity contribution in [2.24, 2.45) is 0 Å². The van der Waals surface area contributed by atoms with Gasteiger partial charge in [0.15, 0.2) is 0 Å². The molecule has 1 aromatic heterocycles. The molecule has 2 atom stereocenters. The van der Waals surface area contributed by atoms with Gasteiger partial charge in [0.25, 0.3) is 0 Å². The van der Waals surface area contributed by atoms with Crippen molar-refractivity contribution in [1.82, 2.24) is 5.32 Å². The van der Waals surface area contributed by atoms with E-state index in [9.17, 15) is 0 Å². The molecule has 0 aliphatic carbocycles. The highest BCUT2D eigenvalue weighted by molar-refractivity contribution is 9.10.